The van der Waals surface area contributed by atoms with Crippen LogP contribution in [0.1, 0.15) is 47.0 Å². The number of anilines is 1. The van der Waals surface area contributed by atoms with Crippen molar-refractivity contribution in [2.24, 2.45) is 0 Å². The van der Waals surface area contributed by atoms with Crippen LogP contribution in [0.3, 0.4) is 0 Å². The predicted molar refractivity (Wildman–Crippen MR) is 129 cm³/mol. The molecule has 2 aliphatic heterocycles. The number of hydrogen-bond donors (Lipinski definition) is 1. The van der Waals surface area contributed by atoms with Crippen molar-refractivity contribution < 1.29 is 14.4 Å². The van der Waals surface area contributed by atoms with Crippen molar-refractivity contribution in [3.63, 3.8) is 0 Å². The number of rotatable bonds is 5. The van der Waals surface area contributed by atoms with E-state index in [0.29, 0.717) is 37.5 Å². The van der Waals surface area contributed by atoms with Crippen molar-refractivity contribution in [1.29, 1.82) is 0 Å². The number of para-hydroxylation sites is 1. The molecule has 0 bridgehead atoms. The fourth-order valence-electron chi connectivity index (χ4n) is 4.52. The van der Waals surface area contributed by atoms with E-state index in [1.54, 1.807) is 40.5 Å². The number of piperidine rings is 1. The summed E-state index contributed by atoms with van der Waals surface area (Å²) in [6, 6.07) is 15.1. The highest BCUT2D eigenvalue weighted by Crippen LogP contribution is 2.33. The molecule has 33 heavy (non-hydrogen) atoms. The van der Waals surface area contributed by atoms with E-state index in [1.807, 2.05) is 23.1 Å². The van der Waals surface area contributed by atoms with Gasteiger partial charge in [0.1, 0.15) is 0 Å². The second-order valence-electron chi connectivity index (χ2n) is 8.55. The molecule has 2 aromatic carbocycles. The van der Waals surface area contributed by atoms with Crippen LogP contribution in [-0.4, -0.2) is 53.8 Å². The van der Waals surface area contributed by atoms with Crippen LogP contribution in [0.25, 0.3) is 10.2 Å². The van der Waals surface area contributed by atoms with Gasteiger partial charge in [-0.25, -0.2) is 4.98 Å². The van der Waals surface area contributed by atoms with Gasteiger partial charge in [-0.3, -0.25) is 14.4 Å². The van der Waals surface area contributed by atoms with Gasteiger partial charge in [-0.2, -0.15) is 0 Å². The van der Waals surface area contributed by atoms with Gasteiger partial charge in [0.25, 0.3) is 5.91 Å². The Hall–Kier alpha value is -3.26. The van der Waals surface area contributed by atoms with Gasteiger partial charge >= 0.3 is 0 Å². The molecule has 3 aromatic rings. The minimum Gasteiger partial charge on any atom is -0.343 e. The van der Waals surface area contributed by atoms with E-state index < -0.39 is 0 Å². The van der Waals surface area contributed by atoms with Crippen LogP contribution in [0.2, 0.25) is 0 Å². The number of amides is 3. The Morgan fingerprint density at radius 1 is 1.03 bits per heavy atom. The van der Waals surface area contributed by atoms with Crippen LogP contribution >= 0.6 is 11.3 Å². The molecule has 0 atom stereocenters. The molecule has 2 saturated heterocycles. The highest BCUT2D eigenvalue weighted by molar-refractivity contribution is 7.18. The zero-order valence-corrected chi connectivity index (χ0v) is 19.1. The molecule has 1 aromatic heterocycles. The van der Waals surface area contributed by atoms with Crippen molar-refractivity contribution in [3.8, 4) is 0 Å². The van der Waals surface area contributed by atoms with E-state index in [0.717, 1.165) is 35.5 Å². The number of hydrogen-bond acceptors (Lipinski definition) is 5. The first-order valence-electron chi connectivity index (χ1n) is 11.4. The van der Waals surface area contributed by atoms with E-state index in [9.17, 15) is 14.4 Å². The number of fused-ring (bicyclic) bond motifs is 1. The van der Waals surface area contributed by atoms with Crippen LogP contribution in [-0.2, 0) is 9.59 Å². The summed E-state index contributed by atoms with van der Waals surface area (Å²) in [7, 11) is 0. The Labute approximate surface area is 196 Å². The number of thiazole rings is 1. The Bertz CT molecular complexity index is 1150. The SMILES string of the molecule is O=C(NCC(=O)N1CCC(c2nc3ccccc3s2)CC1)c1ccc(N2CCCC2=O)cc1. The molecule has 8 heteroatoms. The summed E-state index contributed by atoms with van der Waals surface area (Å²) in [6.45, 7) is 2.05. The van der Waals surface area contributed by atoms with E-state index >= 15 is 0 Å². The average Bonchev–Trinajstić information content (AvgIpc) is 3.48. The predicted octanol–water partition coefficient (Wildman–Crippen LogP) is 3.56. The Balaban J connectivity index is 1.11. The normalized spacial score (nSPS) is 17.0. The van der Waals surface area contributed by atoms with Crippen molar-refractivity contribution in [2.45, 2.75) is 31.6 Å². The van der Waals surface area contributed by atoms with Gasteiger partial charge in [0, 0.05) is 43.2 Å². The van der Waals surface area contributed by atoms with E-state index in [-0.39, 0.29) is 24.3 Å². The van der Waals surface area contributed by atoms with E-state index in [2.05, 4.69) is 11.4 Å². The van der Waals surface area contributed by atoms with Gasteiger partial charge in [0.05, 0.1) is 21.8 Å². The zero-order chi connectivity index (χ0) is 22.8. The lowest BCUT2D eigenvalue weighted by Crippen LogP contribution is -2.43. The molecule has 2 aliphatic rings. The second kappa shape index (κ2) is 9.31. The van der Waals surface area contributed by atoms with Gasteiger partial charge in [-0.1, -0.05) is 12.1 Å². The number of benzene rings is 2. The Morgan fingerprint density at radius 2 is 1.79 bits per heavy atom. The number of nitrogens with one attached hydrogen (secondary N) is 1. The van der Waals surface area contributed by atoms with E-state index in [1.165, 1.54) is 4.70 Å². The van der Waals surface area contributed by atoms with Crippen LogP contribution in [0.5, 0.6) is 0 Å². The van der Waals surface area contributed by atoms with Gasteiger partial charge < -0.3 is 15.1 Å². The molecule has 1 N–H and O–H groups in total. The molecule has 0 saturated carbocycles. The third-order valence-corrected chi connectivity index (χ3v) is 7.62. The summed E-state index contributed by atoms with van der Waals surface area (Å²) in [4.78, 5) is 45.3. The maximum atomic E-state index is 12.6. The molecule has 5 rings (SSSR count). The standard InChI is InChI=1S/C25H26N4O3S/c30-22-6-3-13-29(22)19-9-7-17(8-10-19)24(32)26-16-23(31)28-14-11-18(12-15-28)25-27-20-4-1-2-5-21(20)33-25/h1-2,4-5,7-10,18H,3,6,11-16H2,(H,26,32). The first-order valence-corrected chi connectivity index (χ1v) is 12.2. The highest BCUT2D eigenvalue weighted by atomic mass is 32.1. The van der Waals surface area contributed by atoms with Gasteiger partial charge in [-0.05, 0) is 55.7 Å². The van der Waals surface area contributed by atoms with Crippen LogP contribution in [0.15, 0.2) is 48.5 Å². The van der Waals surface area contributed by atoms with Crippen molar-refractivity contribution >= 4 is 45.0 Å². The van der Waals surface area contributed by atoms with Crippen molar-refractivity contribution in [1.82, 2.24) is 15.2 Å². The number of carbonyl (C=O) groups is 3. The molecule has 3 heterocycles. The largest absolute Gasteiger partial charge is 0.343 e. The van der Waals surface area contributed by atoms with Crippen LogP contribution < -0.4 is 10.2 Å². The second-order valence-corrected chi connectivity index (χ2v) is 9.62. The fourth-order valence-corrected chi connectivity index (χ4v) is 5.66. The Morgan fingerprint density at radius 3 is 2.48 bits per heavy atom. The first-order chi connectivity index (χ1) is 16.1. The molecule has 0 radical (unpaired) electrons. The zero-order valence-electron chi connectivity index (χ0n) is 18.3. The summed E-state index contributed by atoms with van der Waals surface area (Å²) >= 11 is 1.74. The average molecular weight is 463 g/mol. The summed E-state index contributed by atoms with van der Waals surface area (Å²) < 4.78 is 1.20. The molecule has 0 unspecified atom stereocenters. The summed E-state index contributed by atoms with van der Waals surface area (Å²) in [5.74, 6) is 0.143. The topological polar surface area (TPSA) is 82.6 Å². The van der Waals surface area contributed by atoms with E-state index in [4.69, 9.17) is 4.98 Å². The quantitative estimate of drug-likeness (QED) is 0.629. The van der Waals surface area contributed by atoms with Crippen LogP contribution in [0, 0.1) is 0 Å². The van der Waals surface area contributed by atoms with Gasteiger partial charge in [0.15, 0.2) is 0 Å². The monoisotopic (exact) mass is 462 g/mol. The molecular weight excluding hydrogens is 436 g/mol. The molecule has 2 fully saturated rings. The van der Waals surface area contributed by atoms with Crippen molar-refractivity contribution in [3.05, 3.63) is 59.1 Å². The first kappa shape index (κ1) is 21.6. The maximum Gasteiger partial charge on any atom is 0.251 e. The van der Waals surface area contributed by atoms with Gasteiger partial charge in [0.2, 0.25) is 11.8 Å². The summed E-state index contributed by atoms with van der Waals surface area (Å²) in [5, 5.41) is 3.88. The highest BCUT2D eigenvalue weighted by Gasteiger charge is 2.26. The number of carbonyl (C=O) groups excluding carboxylic acids is 3. The van der Waals surface area contributed by atoms with Crippen LogP contribution in [0.4, 0.5) is 5.69 Å². The molecule has 7 nitrogen and oxygen atoms in total. The van der Waals surface area contributed by atoms with Crippen molar-refractivity contribution in [2.75, 3.05) is 31.1 Å². The molecular formula is C25H26N4O3S. The third-order valence-electron chi connectivity index (χ3n) is 6.42. The molecule has 0 aliphatic carbocycles. The minimum atomic E-state index is -0.285. The minimum absolute atomic E-state index is 0.0169. The lowest BCUT2D eigenvalue weighted by atomic mass is 9.97. The lowest BCUT2D eigenvalue weighted by Gasteiger charge is -2.31. The molecule has 3 amide bonds. The molecule has 170 valence electrons. The number of aromatic nitrogens is 1. The Kier molecular flexibility index (Phi) is 6.09. The number of likely N-dealkylation sites (tertiary alicyclic amines) is 1. The lowest BCUT2D eigenvalue weighted by molar-refractivity contribution is -0.131. The van der Waals surface area contributed by atoms with Gasteiger partial charge in [-0.15, -0.1) is 11.3 Å². The smallest absolute Gasteiger partial charge is 0.251 e. The number of nitrogens with zero attached hydrogens (tertiary/aromatic N) is 3. The summed E-state index contributed by atoms with van der Waals surface area (Å²) in [6.07, 6.45) is 3.20. The third kappa shape index (κ3) is 4.61. The maximum absolute atomic E-state index is 12.6. The molecule has 0 spiro atoms. The fraction of sp³-hybridized carbons (Fsp3) is 0.360. The summed E-state index contributed by atoms with van der Waals surface area (Å²) in [5.41, 5.74) is 2.33.